The Hall–Kier alpha value is -1.11. The Bertz CT molecular complexity index is 653. The van der Waals surface area contributed by atoms with Gasteiger partial charge >= 0.3 is 5.97 Å². The minimum atomic E-state index is -4.06. The number of carboxylic acid groups (broad SMARTS) is 1. The van der Waals surface area contributed by atoms with Gasteiger partial charge in [0.25, 0.3) is 0 Å². The lowest BCUT2D eigenvalue weighted by molar-refractivity contribution is 0.0691. The summed E-state index contributed by atoms with van der Waals surface area (Å²) in [6, 6.07) is 1.72. The van der Waals surface area contributed by atoms with Crippen LogP contribution in [-0.4, -0.2) is 25.2 Å². The Morgan fingerprint density at radius 2 is 2.05 bits per heavy atom. The molecule has 0 saturated heterocycles. The van der Waals surface area contributed by atoms with Crippen LogP contribution in [0, 0.1) is 5.82 Å². The minimum absolute atomic E-state index is 0.176. The lowest BCUT2D eigenvalue weighted by atomic mass is 10.2. The van der Waals surface area contributed by atoms with E-state index in [1.807, 2.05) is 0 Å². The Balaban J connectivity index is 3.47. The quantitative estimate of drug-likeness (QED) is 0.922. The molecule has 4 nitrogen and oxygen atoms in total. The van der Waals surface area contributed by atoms with E-state index in [-0.39, 0.29) is 10.6 Å². The molecule has 0 amide bonds. The fraction of sp³-hybridized carbons (Fsp3) is 0.182. The zero-order chi connectivity index (χ0) is 14.8. The van der Waals surface area contributed by atoms with Crippen LogP contribution in [0.3, 0.4) is 0 Å². The van der Waals surface area contributed by atoms with Gasteiger partial charge in [-0.1, -0.05) is 23.2 Å². The van der Waals surface area contributed by atoms with E-state index >= 15 is 0 Å². The Morgan fingerprint density at radius 1 is 1.47 bits per heavy atom. The van der Waals surface area contributed by atoms with Gasteiger partial charge in [0.05, 0.1) is 11.3 Å². The zero-order valence-corrected chi connectivity index (χ0v) is 12.0. The summed E-state index contributed by atoms with van der Waals surface area (Å²) in [4.78, 5) is 10.1. The smallest absolute Gasteiger partial charge is 0.338 e. The second kappa shape index (κ2) is 5.90. The monoisotopic (exact) mass is 326 g/mol. The molecule has 0 unspecified atom stereocenters. The lowest BCUT2D eigenvalue weighted by Gasteiger charge is -2.08. The number of benzene rings is 1. The maximum Gasteiger partial charge on any atom is 0.338 e. The maximum atomic E-state index is 13.9. The van der Waals surface area contributed by atoms with Gasteiger partial charge in [0, 0.05) is 10.6 Å². The van der Waals surface area contributed by atoms with Gasteiger partial charge in [0.2, 0.25) is 0 Å². The molecular formula is C11H9Cl2FO4S. The number of hydrogen-bond donors (Lipinski definition) is 1. The van der Waals surface area contributed by atoms with Crippen LogP contribution < -0.4 is 0 Å². The summed E-state index contributed by atoms with van der Waals surface area (Å²) in [6.07, 6.45) is 0. The van der Waals surface area contributed by atoms with E-state index in [9.17, 15) is 17.6 Å². The zero-order valence-electron chi connectivity index (χ0n) is 9.65. The van der Waals surface area contributed by atoms with Crippen molar-refractivity contribution in [3.05, 3.63) is 39.6 Å². The summed E-state index contributed by atoms with van der Waals surface area (Å²) in [5.41, 5.74) is 0.550. The summed E-state index contributed by atoms with van der Waals surface area (Å²) in [5.74, 6) is -3.45. The predicted molar refractivity (Wildman–Crippen MR) is 70.0 cm³/mol. The van der Waals surface area contributed by atoms with Gasteiger partial charge in [-0.25, -0.2) is 17.6 Å². The van der Waals surface area contributed by atoms with Crippen LogP contribution in [0.2, 0.25) is 5.02 Å². The van der Waals surface area contributed by atoms with Crippen LogP contribution in [0.1, 0.15) is 17.3 Å². The van der Waals surface area contributed by atoms with Crippen molar-refractivity contribution in [2.75, 3.05) is 5.75 Å². The van der Waals surface area contributed by atoms with E-state index in [4.69, 9.17) is 28.3 Å². The molecule has 0 heterocycles. The standard InChI is InChI=1S/C11H9Cl2FO4S/c1-6(4-12)5-19(17,18)9-3-7(13)2-8(10(9)14)11(15)16/h2-4H,5H2,1H3,(H,15,16)/b6-4-. The second-order valence-electron chi connectivity index (χ2n) is 3.79. The average Bonchev–Trinajstić information content (AvgIpc) is 2.30. The Morgan fingerprint density at radius 3 is 2.53 bits per heavy atom. The number of hydrogen-bond acceptors (Lipinski definition) is 3. The first-order valence-corrected chi connectivity index (χ1v) is 7.36. The SMILES string of the molecule is C/C(=C/Cl)CS(=O)(=O)c1cc(Cl)cc(C(=O)O)c1F. The molecule has 0 radical (unpaired) electrons. The number of rotatable bonds is 4. The highest BCUT2D eigenvalue weighted by Gasteiger charge is 2.25. The number of halogens is 3. The molecule has 0 atom stereocenters. The fourth-order valence-corrected chi connectivity index (χ4v) is 3.33. The van der Waals surface area contributed by atoms with E-state index in [2.05, 4.69) is 0 Å². The Labute approximate surface area is 119 Å². The molecule has 0 aliphatic carbocycles. The molecule has 0 aromatic heterocycles. The summed E-state index contributed by atoms with van der Waals surface area (Å²) >= 11 is 11.0. The van der Waals surface area contributed by atoms with Gasteiger partial charge in [-0.05, 0) is 24.6 Å². The van der Waals surface area contributed by atoms with Crippen LogP contribution in [0.4, 0.5) is 4.39 Å². The van der Waals surface area contributed by atoms with Crippen LogP contribution >= 0.6 is 23.2 Å². The van der Waals surface area contributed by atoms with Crippen molar-refractivity contribution in [1.29, 1.82) is 0 Å². The summed E-state index contributed by atoms with van der Waals surface area (Å²) in [5, 5.41) is 8.61. The highest BCUT2D eigenvalue weighted by Crippen LogP contribution is 2.25. The van der Waals surface area contributed by atoms with Crippen LogP contribution in [0.25, 0.3) is 0 Å². The molecule has 1 N–H and O–H groups in total. The largest absolute Gasteiger partial charge is 0.478 e. The van der Waals surface area contributed by atoms with Crippen molar-refractivity contribution in [1.82, 2.24) is 0 Å². The first-order valence-electron chi connectivity index (χ1n) is 4.90. The molecule has 19 heavy (non-hydrogen) atoms. The van der Waals surface area contributed by atoms with Crippen molar-refractivity contribution in [2.45, 2.75) is 11.8 Å². The van der Waals surface area contributed by atoms with E-state index < -0.39 is 37.8 Å². The highest BCUT2D eigenvalue weighted by molar-refractivity contribution is 7.91. The van der Waals surface area contributed by atoms with Crippen molar-refractivity contribution in [2.24, 2.45) is 0 Å². The number of carboxylic acids is 1. The third-order valence-corrected chi connectivity index (χ3v) is 4.57. The van der Waals surface area contributed by atoms with Gasteiger partial charge in [-0.3, -0.25) is 0 Å². The molecule has 104 valence electrons. The van der Waals surface area contributed by atoms with Gasteiger partial charge in [-0.15, -0.1) is 0 Å². The van der Waals surface area contributed by atoms with Crippen molar-refractivity contribution in [3.8, 4) is 0 Å². The normalized spacial score (nSPS) is 12.5. The molecule has 0 aliphatic rings. The molecule has 1 rings (SSSR count). The molecule has 1 aromatic rings. The van der Waals surface area contributed by atoms with E-state index in [1.165, 1.54) is 6.92 Å². The van der Waals surface area contributed by atoms with Crippen molar-refractivity contribution >= 4 is 39.0 Å². The van der Waals surface area contributed by atoms with E-state index in [1.54, 1.807) is 0 Å². The fourth-order valence-electron chi connectivity index (χ4n) is 1.36. The van der Waals surface area contributed by atoms with E-state index in [0.29, 0.717) is 0 Å². The average molecular weight is 327 g/mol. The molecule has 8 heteroatoms. The number of aromatic carboxylic acids is 1. The van der Waals surface area contributed by atoms with Gasteiger partial charge in [0.1, 0.15) is 4.90 Å². The molecule has 1 aromatic carbocycles. The van der Waals surface area contributed by atoms with Crippen LogP contribution in [0.15, 0.2) is 28.1 Å². The molecule has 0 saturated carbocycles. The van der Waals surface area contributed by atoms with Gasteiger partial charge < -0.3 is 5.11 Å². The molecule has 0 aliphatic heterocycles. The second-order valence-corrected chi connectivity index (χ2v) is 6.40. The third-order valence-electron chi connectivity index (χ3n) is 2.17. The predicted octanol–water partition coefficient (Wildman–Crippen LogP) is 3.09. The first kappa shape index (κ1) is 15.9. The summed E-state index contributed by atoms with van der Waals surface area (Å²) < 4.78 is 37.8. The molecule has 0 bridgehead atoms. The lowest BCUT2D eigenvalue weighted by Crippen LogP contribution is -2.13. The topological polar surface area (TPSA) is 71.4 Å². The third kappa shape index (κ3) is 3.68. The maximum absolute atomic E-state index is 13.9. The first-order chi connectivity index (χ1) is 8.69. The van der Waals surface area contributed by atoms with Crippen LogP contribution in [0.5, 0.6) is 0 Å². The van der Waals surface area contributed by atoms with Gasteiger partial charge in [-0.2, -0.15) is 0 Å². The van der Waals surface area contributed by atoms with Gasteiger partial charge in [0.15, 0.2) is 15.7 Å². The molecule has 0 spiro atoms. The van der Waals surface area contributed by atoms with E-state index in [0.717, 1.165) is 17.7 Å². The van der Waals surface area contributed by atoms with Crippen LogP contribution in [-0.2, 0) is 9.84 Å². The number of sulfone groups is 1. The molecule has 0 fully saturated rings. The molecular weight excluding hydrogens is 318 g/mol. The van der Waals surface area contributed by atoms with Crippen molar-refractivity contribution < 1.29 is 22.7 Å². The Kier molecular flexibility index (Phi) is 4.95. The highest BCUT2D eigenvalue weighted by atomic mass is 35.5. The number of carbonyl (C=O) groups is 1. The summed E-state index contributed by atoms with van der Waals surface area (Å²) in [6.45, 7) is 1.45. The van der Waals surface area contributed by atoms with Crippen molar-refractivity contribution in [3.63, 3.8) is 0 Å². The summed E-state index contributed by atoms with van der Waals surface area (Å²) in [7, 11) is -4.06. The minimum Gasteiger partial charge on any atom is -0.478 e.